The first-order valence-electron chi connectivity index (χ1n) is 7.04. The first-order valence-corrected chi connectivity index (χ1v) is 7.04. The van der Waals surface area contributed by atoms with Crippen molar-refractivity contribution in [2.75, 3.05) is 13.1 Å². The van der Waals surface area contributed by atoms with Gasteiger partial charge >= 0.3 is 0 Å². The molecule has 2 atom stereocenters. The Bertz CT molecular complexity index is 433. The zero-order valence-electron chi connectivity index (χ0n) is 12.7. The van der Waals surface area contributed by atoms with Gasteiger partial charge in [-0.15, -0.1) is 0 Å². The van der Waals surface area contributed by atoms with Crippen molar-refractivity contribution in [2.45, 2.75) is 46.8 Å². The van der Waals surface area contributed by atoms with Crippen LogP contribution in [0.25, 0.3) is 0 Å². The summed E-state index contributed by atoms with van der Waals surface area (Å²) in [4.78, 5) is 12.1. The fraction of sp³-hybridized carbons (Fsp3) is 0.714. The zero-order valence-corrected chi connectivity index (χ0v) is 12.7. The van der Waals surface area contributed by atoms with Crippen molar-refractivity contribution in [3.05, 3.63) is 17.5 Å². The van der Waals surface area contributed by atoms with Gasteiger partial charge in [0.05, 0.1) is 0 Å². The summed E-state index contributed by atoms with van der Waals surface area (Å²) in [5.41, 5.74) is 0.165. The van der Waals surface area contributed by atoms with Crippen LogP contribution in [-0.4, -0.2) is 35.3 Å². The molecule has 0 radical (unpaired) electrons. The minimum Gasteiger partial charge on any atom is -0.388 e. The van der Waals surface area contributed by atoms with E-state index >= 15 is 0 Å². The molecule has 0 aliphatic heterocycles. The van der Waals surface area contributed by atoms with Crippen molar-refractivity contribution in [3.63, 3.8) is 0 Å². The molecule has 2 unspecified atom stereocenters. The number of carbonyl (C=O) groups is 1. The number of aliphatic hydroxyl groups is 1. The third kappa shape index (κ3) is 4.05. The van der Waals surface area contributed by atoms with Crippen molar-refractivity contribution in [1.82, 2.24) is 15.8 Å². The van der Waals surface area contributed by atoms with Gasteiger partial charge < -0.3 is 20.3 Å². The highest BCUT2D eigenvalue weighted by Crippen LogP contribution is 2.25. The SMILES string of the molecule is CCNCC(C)(CC)C(C)NC(=O)c1cc(CO)on1. The van der Waals surface area contributed by atoms with E-state index in [0.717, 1.165) is 19.5 Å². The molecule has 0 aromatic carbocycles. The smallest absolute Gasteiger partial charge is 0.273 e. The summed E-state index contributed by atoms with van der Waals surface area (Å²) in [5.74, 6) is 0.00540. The minimum absolute atomic E-state index is 0.00618. The Hall–Kier alpha value is -1.40. The molecule has 20 heavy (non-hydrogen) atoms. The van der Waals surface area contributed by atoms with Crippen LogP contribution < -0.4 is 10.6 Å². The van der Waals surface area contributed by atoms with Crippen molar-refractivity contribution in [2.24, 2.45) is 5.41 Å². The number of amides is 1. The van der Waals surface area contributed by atoms with Crippen LogP contribution in [0.4, 0.5) is 0 Å². The Labute approximate surface area is 119 Å². The summed E-state index contributed by atoms with van der Waals surface area (Å²) in [5, 5.41) is 18.8. The molecule has 0 aliphatic rings. The van der Waals surface area contributed by atoms with E-state index in [-0.39, 0.29) is 35.4 Å². The van der Waals surface area contributed by atoms with Crippen LogP contribution in [0.3, 0.4) is 0 Å². The average Bonchev–Trinajstić information content (AvgIpc) is 2.93. The molecule has 3 N–H and O–H groups in total. The first kappa shape index (κ1) is 16.7. The second-order valence-electron chi connectivity index (χ2n) is 5.32. The summed E-state index contributed by atoms with van der Waals surface area (Å²) in [6.07, 6.45) is 0.947. The summed E-state index contributed by atoms with van der Waals surface area (Å²) < 4.78 is 4.82. The minimum atomic E-state index is -0.280. The lowest BCUT2D eigenvalue weighted by molar-refractivity contribution is 0.0882. The number of aliphatic hydroxyl groups excluding tert-OH is 1. The fourth-order valence-corrected chi connectivity index (χ4v) is 1.93. The Morgan fingerprint density at radius 2 is 2.25 bits per heavy atom. The normalized spacial score (nSPS) is 15.7. The number of hydrogen-bond donors (Lipinski definition) is 3. The topological polar surface area (TPSA) is 87.4 Å². The van der Waals surface area contributed by atoms with Gasteiger partial charge in [0.2, 0.25) is 0 Å². The molecule has 0 saturated heterocycles. The van der Waals surface area contributed by atoms with E-state index in [4.69, 9.17) is 9.63 Å². The molecule has 1 heterocycles. The molecular weight excluding hydrogens is 258 g/mol. The largest absolute Gasteiger partial charge is 0.388 e. The van der Waals surface area contributed by atoms with Crippen LogP contribution in [0.15, 0.2) is 10.6 Å². The maximum absolute atomic E-state index is 12.1. The molecule has 0 bridgehead atoms. The average molecular weight is 283 g/mol. The summed E-state index contributed by atoms with van der Waals surface area (Å²) in [6, 6.07) is 1.45. The van der Waals surface area contributed by atoms with Gasteiger partial charge in [-0.25, -0.2) is 0 Å². The van der Waals surface area contributed by atoms with E-state index in [1.807, 2.05) is 6.92 Å². The van der Waals surface area contributed by atoms with Crippen LogP contribution in [0.1, 0.15) is 50.4 Å². The number of nitrogens with zero attached hydrogens (tertiary/aromatic N) is 1. The lowest BCUT2D eigenvalue weighted by Crippen LogP contribution is -2.49. The van der Waals surface area contributed by atoms with Crippen molar-refractivity contribution in [3.8, 4) is 0 Å². The number of nitrogens with one attached hydrogen (secondary N) is 2. The number of aromatic nitrogens is 1. The Balaban J connectivity index is 2.67. The van der Waals surface area contributed by atoms with Gasteiger partial charge in [-0.3, -0.25) is 4.79 Å². The van der Waals surface area contributed by atoms with E-state index in [9.17, 15) is 4.79 Å². The third-order valence-corrected chi connectivity index (χ3v) is 3.93. The highest BCUT2D eigenvalue weighted by Gasteiger charge is 2.30. The summed E-state index contributed by atoms with van der Waals surface area (Å²) >= 11 is 0. The van der Waals surface area contributed by atoms with E-state index in [1.165, 1.54) is 6.07 Å². The molecule has 0 fully saturated rings. The molecule has 6 nitrogen and oxygen atoms in total. The standard InChI is InChI=1S/C14H25N3O3/c1-5-14(4,9-15-6-2)10(3)16-13(19)12-7-11(8-18)20-17-12/h7,10,15,18H,5-6,8-9H2,1-4H3,(H,16,19). The lowest BCUT2D eigenvalue weighted by Gasteiger charge is -2.35. The second kappa shape index (κ2) is 7.40. The molecule has 1 aromatic rings. The van der Waals surface area contributed by atoms with E-state index in [0.29, 0.717) is 0 Å². The highest BCUT2D eigenvalue weighted by atomic mass is 16.5. The quantitative estimate of drug-likeness (QED) is 0.669. The van der Waals surface area contributed by atoms with Gasteiger partial charge in [0.25, 0.3) is 5.91 Å². The van der Waals surface area contributed by atoms with Gasteiger partial charge in [-0.05, 0) is 25.3 Å². The second-order valence-corrected chi connectivity index (χ2v) is 5.32. The molecule has 114 valence electrons. The summed E-state index contributed by atoms with van der Waals surface area (Å²) in [6.45, 7) is 9.78. The predicted molar refractivity (Wildman–Crippen MR) is 76.3 cm³/mol. The van der Waals surface area contributed by atoms with Gasteiger partial charge in [0.1, 0.15) is 6.61 Å². The monoisotopic (exact) mass is 283 g/mol. The zero-order chi connectivity index (χ0) is 15.2. The van der Waals surface area contributed by atoms with Crippen LogP contribution in [0.2, 0.25) is 0 Å². The molecule has 0 aliphatic carbocycles. The van der Waals surface area contributed by atoms with Crippen LogP contribution in [0.5, 0.6) is 0 Å². The Kier molecular flexibility index (Phi) is 6.16. The Morgan fingerprint density at radius 1 is 1.55 bits per heavy atom. The molecule has 0 spiro atoms. The predicted octanol–water partition coefficient (Wildman–Crippen LogP) is 1.31. The van der Waals surface area contributed by atoms with Gasteiger partial charge in [0, 0.05) is 18.7 Å². The molecule has 1 aromatic heterocycles. The van der Waals surface area contributed by atoms with Crippen molar-refractivity contribution in [1.29, 1.82) is 0 Å². The lowest BCUT2D eigenvalue weighted by atomic mass is 9.80. The van der Waals surface area contributed by atoms with Crippen molar-refractivity contribution < 1.29 is 14.4 Å². The van der Waals surface area contributed by atoms with E-state index in [1.54, 1.807) is 0 Å². The number of hydrogen-bond acceptors (Lipinski definition) is 5. The summed E-state index contributed by atoms with van der Waals surface area (Å²) in [7, 11) is 0. The van der Waals surface area contributed by atoms with Gasteiger partial charge in [-0.1, -0.05) is 25.9 Å². The fourth-order valence-electron chi connectivity index (χ4n) is 1.93. The molecule has 6 heteroatoms. The van der Waals surface area contributed by atoms with Gasteiger partial charge in [0.15, 0.2) is 11.5 Å². The van der Waals surface area contributed by atoms with E-state index < -0.39 is 0 Å². The van der Waals surface area contributed by atoms with Crippen molar-refractivity contribution >= 4 is 5.91 Å². The van der Waals surface area contributed by atoms with Crippen LogP contribution in [-0.2, 0) is 6.61 Å². The Morgan fingerprint density at radius 3 is 2.75 bits per heavy atom. The third-order valence-electron chi connectivity index (χ3n) is 3.93. The van der Waals surface area contributed by atoms with Crippen LogP contribution in [0, 0.1) is 5.41 Å². The first-order chi connectivity index (χ1) is 9.46. The maximum Gasteiger partial charge on any atom is 0.273 e. The molecular formula is C14H25N3O3. The van der Waals surface area contributed by atoms with Crippen LogP contribution >= 0.6 is 0 Å². The number of carbonyl (C=O) groups excluding carboxylic acids is 1. The number of rotatable bonds is 8. The van der Waals surface area contributed by atoms with Gasteiger partial charge in [-0.2, -0.15) is 0 Å². The molecule has 0 saturated carbocycles. The van der Waals surface area contributed by atoms with E-state index in [2.05, 4.69) is 36.6 Å². The maximum atomic E-state index is 12.1. The molecule has 1 amide bonds. The molecule has 1 rings (SSSR count). The highest BCUT2D eigenvalue weighted by molar-refractivity contribution is 5.92.